The summed E-state index contributed by atoms with van der Waals surface area (Å²) in [4.78, 5) is 15.8. The van der Waals surface area contributed by atoms with Crippen LogP contribution in [0.15, 0.2) is 47.2 Å². The summed E-state index contributed by atoms with van der Waals surface area (Å²) in [5, 5.41) is 3.28. The number of nitrogens with one attached hydrogen (secondary N) is 1. The molecule has 21 heavy (non-hydrogen) atoms. The summed E-state index contributed by atoms with van der Waals surface area (Å²) in [7, 11) is 0. The van der Waals surface area contributed by atoms with Crippen molar-refractivity contribution in [2.75, 3.05) is 5.32 Å². The van der Waals surface area contributed by atoms with Crippen LogP contribution < -0.4 is 5.32 Å². The van der Waals surface area contributed by atoms with Gasteiger partial charge in [-0.05, 0) is 65.7 Å². The van der Waals surface area contributed by atoms with Gasteiger partial charge >= 0.3 is 5.97 Å². The van der Waals surface area contributed by atoms with Gasteiger partial charge in [0.25, 0.3) is 0 Å². The summed E-state index contributed by atoms with van der Waals surface area (Å²) >= 11 is 3.39. The normalized spacial score (nSPS) is 10.5. The molecule has 2 aromatic rings. The van der Waals surface area contributed by atoms with Crippen molar-refractivity contribution in [3.63, 3.8) is 0 Å². The summed E-state index contributed by atoms with van der Waals surface area (Å²) < 4.78 is 6.10. The molecule has 110 valence electrons. The maximum Gasteiger partial charge on any atom is 0.338 e. The molecular weight excluding hydrogens is 332 g/mol. The quantitative estimate of drug-likeness (QED) is 0.829. The van der Waals surface area contributed by atoms with E-state index in [1.54, 1.807) is 18.3 Å². The number of halogens is 1. The molecule has 0 unspecified atom stereocenters. The number of pyridine rings is 1. The molecule has 0 fully saturated rings. The molecular formula is C16H17BrN2O2. The molecule has 1 aromatic carbocycles. The van der Waals surface area contributed by atoms with Crippen LogP contribution in [-0.4, -0.2) is 17.1 Å². The summed E-state index contributed by atoms with van der Waals surface area (Å²) in [6, 6.07) is 9.25. The van der Waals surface area contributed by atoms with E-state index >= 15 is 0 Å². The third-order valence-electron chi connectivity index (χ3n) is 2.72. The Labute approximate surface area is 132 Å². The van der Waals surface area contributed by atoms with Gasteiger partial charge in [0.05, 0.1) is 11.7 Å². The van der Waals surface area contributed by atoms with Crippen LogP contribution in [0.3, 0.4) is 0 Å². The van der Waals surface area contributed by atoms with E-state index in [0.29, 0.717) is 12.1 Å². The highest BCUT2D eigenvalue weighted by Crippen LogP contribution is 2.14. The number of carbonyl (C=O) groups is 1. The van der Waals surface area contributed by atoms with Crippen molar-refractivity contribution >= 4 is 27.6 Å². The van der Waals surface area contributed by atoms with Crippen LogP contribution in [-0.2, 0) is 11.3 Å². The fourth-order valence-corrected chi connectivity index (χ4v) is 2.18. The van der Waals surface area contributed by atoms with Gasteiger partial charge in [-0.3, -0.25) is 4.98 Å². The van der Waals surface area contributed by atoms with Crippen molar-refractivity contribution in [1.29, 1.82) is 0 Å². The number of anilines is 1. The van der Waals surface area contributed by atoms with Crippen LogP contribution in [0, 0.1) is 0 Å². The predicted molar refractivity (Wildman–Crippen MR) is 86.3 cm³/mol. The minimum atomic E-state index is -0.298. The second-order valence-corrected chi connectivity index (χ2v) is 5.81. The first-order valence-corrected chi connectivity index (χ1v) is 7.48. The molecule has 0 aliphatic heterocycles. The number of ether oxygens (including phenoxy) is 1. The lowest BCUT2D eigenvalue weighted by atomic mass is 10.2. The monoisotopic (exact) mass is 348 g/mol. The first-order valence-electron chi connectivity index (χ1n) is 6.69. The molecule has 0 radical (unpaired) electrons. The van der Waals surface area contributed by atoms with E-state index in [1.807, 2.05) is 38.2 Å². The van der Waals surface area contributed by atoms with E-state index in [2.05, 4.69) is 26.2 Å². The summed E-state index contributed by atoms with van der Waals surface area (Å²) in [6.45, 7) is 4.34. The highest BCUT2D eigenvalue weighted by atomic mass is 79.9. The van der Waals surface area contributed by atoms with Gasteiger partial charge in [-0.2, -0.15) is 0 Å². The topological polar surface area (TPSA) is 51.2 Å². The Morgan fingerprint density at radius 3 is 2.62 bits per heavy atom. The number of hydrogen-bond acceptors (Lipinski definition) is 4. The number of rotatable bonds is 5. The van der Waals surface area contributed by atoms with Crippen molar-refractivity contribution in [3.8, 4) is 0 Å². The summed E-state index contributed by atoms with van der Waals surface area (Å²) in [5.74, 6) is -0.298. The lowest BCUT2D eigenvalue weighted by Gasteiger charge is -2.09. The number of aromatic nitrogens is 1. The highest BCUT2D eigenvalue weighted by molar-refractivity contribution is 9.10. The van der Waals surface area contributed by atoms with E-state index < -0.39 is 0 Å². The highest BCUT2D eigenvalue weighted by Gasteiger charge is 2.08. The number of carbonyl (C=O) groups excluding carboxylic acids is 1. The van der Waals surface area contributed by atoms with E-state index in [4.69, 9.17) is 4.74 Å². The van der Waals surface area contributed by atoms with Crippen LogP contribution in [0.25, 0.3) is 0 Å². The summed E-state index contributed by atoms with van der Waals surface area (Å²) in [5.41, 5.74) is 2.57. The molecule has 0 spiro atoms. The number of benzene rings is 1. The number of nitrogens with zero attached hydrogens (tertiary/aromatic N) is 1. The Kier molecular flexibility index (Phi) is 5.33. The molecule has 5 heteroatoms. The lowest BCUT2D eigenvalue weighted by Crippen LogP contribution is -2.11. The SMILES string of the molecule is CC(C)OC(=O)c1ccc(NCc2cncc(Br)c2)cc1. The molecule has 1 heterocycles. The van der Waals surface area contributed by atoms with Crippen molar-refractivity contribution in [1.82, 2.24) is 4.98 Å². The zero-order valence-electron chi connectivity index (χ0n) is 12.0. The zero-order chi connectivity index (χ0) is 15.2. The Balaban J connectivity index is 1.95. The van der Waals surface area contributed by atoms with Gasteiger partial charge in [0, 0.05) is 29.1 Å². The molecule has 2 rings (SSSR count). The van der Waals surface area contributed by atoms with Gasteiger partial charge in [0.15, 0.2) is 0 Å². The van der Waals surface area contributed by atoms with Gasteiger partial charge < -0.3 is 10.1 Å². The third-order valence-corrected chi connectivity index (χ3v) is 3.16. The fourth-order valence-electron chi connectivity index (χ4n) is 1.76. The Morgan fingerprint density at radius 1 is 1.29 bits per heavy atom. The first-order chi connectivity index (χ1) is 10.0. The van der Waals surface area contributed by atoms with Gasteiger partial charge in [0.2, 0.25) is 0 Å². The number of hydrogen-bond donors (Lipinski definition) is 1. The first kappa shape index (κ1) is 15.5. The largest absolute Gasteiger partial charge is 0.459 e. The van der Waals surface area contributed by atoms with E-state index in [-0.39, 0.29) is 12.1 Å². The predicted octanol–water partition coefficient (Wildman–Crippen LogP) is 4.02. The third kappa shape index (κ3) is 4.86. The van der Waals surface area contributed by atoms with Crippen molar-refractivity contribution in [2.45, 2.75) is 26.5 Å². The standard InChI is InChI=1S/C16H17BrN2O2/c1-11(2)21-16(20)13-3-5-15(6-4-13)19-9-12-7-14(17)10-18-8-12/h3-8,10-11,19H,9H2,1-2H3. The van der Waals surface area contributed by atoms with E-state index in [1.165, 1.54) is 0 Å². The molecule has 0 aliphatic carbocycles. The van der Waals surface area contributed by atoms with Crippen LogP contribution in [0.4, 0.5) is 5.69 Å². The Bertz CT molecular complexity index is 612. The Morgan fingerprint density at radius 2 is 2.00 bits per heavy atom. The molecule has 4 nitrogen and oxygen atoms in total. The maximum absolute atomic E-state index is 11.7. The Hall–Kier alpha value is -1.88. The van der Waals surface area contributed by atoms with Crippen LogP contribution in [0.1, 0.15) is 29.8 Å². The van der Waals surface area contributed by atoms with Crippen molar-refractivity contribution < 1.29 is 9.53 Å². The van der Waals surface area contributed by atoms with Gasteiger partial charge in [-0.15, -0.1) is 0 Å². The zero-order valence-corrected chi connectivity index (χ0v) is 13.6. The molecule has 1 aromatic heterocycles. The molecule has 0 aliphatic rings. The second-order valence-electron chi connectivity index (χ2n) is 4.90. The average Bonchev–Trinajstić information content (AvgIpc) is 2.45. The molecule has 0 bridgehead atoms. The van der Waals surface area contributed by atoms with Crippen molar-refractivity contribution in [3.05, 3.63) is 58.3 Å². The van der Waals surface area contributed by atoms with Gasteiger partial charge in [-0.1, -0.05) is 0 Å². The van der Waals surface area contributed by atoms with Gasteiger partial charge in [-0.25, -0.2) is 4.79 Å². The molecule has 1 N–H and O–H groups in total. The number of esters is 1. The maximum atomic E-state index is 11.7. The molecule has 0 saturated heterocycles. The van der Waals surface area contributed by atoms with E-state index in [0.717, 1.165) is 15.7 Å². The average molecular weight is 349 g/mol. The minimum Gasteiger partial charge on any atom is -0.459 e. The van der Waals surface area contributed by atoms with Crippen LogP contribution in [0.5, 0.6) is 0 Å². The molecule has 0 amide bonds. The molecule has 0 saturated carbocycles. The smallest absolute Gasteiger partial charge is 0.338 e. The molecule has 0 atom stereocenters. The fraction of sp³-hybridized carbons (Fsp3) is 0.250. The lowest BCUT2D eigenvalue weighted by molar-refractivity contribution is 0.0378. The minimum absolute atomic E-state index is 0.112. The van der Waals surface area contributed by atoms with Gasteiger partial charge in [0.1, 0.15) is 0 Å². The van der Waals surface area contributed by atoms with Crippen LogP contribution >= 0.6 is 15.9 Å². The van der Waals surface area contributed by atoms with Crippen LogP contribution in [0.2, 0.25) is 0 Å². The second kappa shape index (κ2) is 7.22. The summed E-state index contributed by atoms with van der Waals surface area (Å²) in [6.07, 6.45) is 3.45. The van der Waals surface area contributed by atoms with Crippen molar-refractivity contribution in [2.24, 2.45) is 0 Å². The van der Waals surface area contributed by atoms with E-state index in [9.17, 15) is 4.79 Å².